The highest BCUT2D eigenvalue weighted by molar-refractivity contribution is 5.44. The van der Waals surface area contributed by atoms with Crippen molar-refractivity contribution in [3.8, 4) is 0 Å². The largest absolute Gasteiger partial charge is 0.384 e. The number of anilines is 2. The highest BCUT2D eigenvalue weighted by atomic mass is 16.5. The van der Waals surface area contributed by atoms with Crippen LogP contribution in [0.3, 0.4) is 0 Å². The van der Waals surface area contributed by atoms with Crippen LogP contribution >= 0.6 is 0 Å². The first-order valence-electron chi connectivity index (χ1n) is 6.68. The zero-order chi connectivity index (χ0) is 14.2. The number of nitrogens with one attached hydrogen (secondary N) is 1. The Morgan fingerprint density at radius 2 is 2.30 bits per heavy atom. The van der Waals surface area contributed by atoms with Crippen LogP contribution in [0.25, 0.3) is 0 Å². The molecule has 2 heterocycles. The topological polar surface area (TPSA) is 90.9 Å². The van der Waals surface area contributed by atoms with Crippen molar-refractivity contribution in [1.29, 1.82) is 0 Å². The number of ether oxygens (including phenoxy) is 1. The van der Waals surface area contributed by atoms with E-state index in [0.717, 1.165) is 25.3 Å². The molecule has 2 aromatic rings. The van der Waals surface area contributed by atoms with Crippen molar-refractivity contribution in [1.82, 2.24) is 19.5 Å². The summed E-state index contributed by atoms with van der Waals surface area (Å²) in [6.45, 7) is 4.67. The van der Waals surface area contributed by atoms with Gasteiger partial charge in [-0.25, -0.2) is 15.0 Å². The van der Waals surface area contributed by atoms with E-state index in [9.17, 15) is 0 Å². The normalized spacial score (nSPS) is 10.7. The standard InChI is InChI=1S/C13H20N6O/c1-2-20-9-13-17-11(14)8-12(18-13)16-4-3-6-19-7-5-15-10-19/h5,7-8,10H,2-4,6,9H2,1H3,(H3,14,16,17,18). The maximum atomic E-state index is 5.75. The van der Waals surface area contributed by atoms with Crippen molar-refractivity contribution in [2.45, 2.75) is 26.5 Å². The molecular weight excluding hydrogens is 256 g/mol. The van der Waals surface area contributed by atoms with Gasteiger partial charge in [-0.1, -0.05) is 0 Å². The lowest BCUT2D eigenvalue weighted by atomic mass is 10.4. The first kappa shape index (κ1) is 14.3. The summed E-state index contributed by atoms with van der Waals surface area (Å²) in [5.74, 6) is 1.79. The zero-order valence-electron chi connectivity index (χ0n) is 11.6. The maximum Gasteiger partial charge on any atom is 0.158 e. The molecule has 2 rings (SSSR count). The van der Waals surface area contributed by atoms with Crippen LogP contribution in [-0.2, 0) is 17.9 Å². The Balaban J connectivity index is 1.80. The Bertz CT molecular complexity index is 514. The molecule has 0 unspecified atom stereocenters. The quantitative estimate of drug-likeness (QED) is 0.706. The summed E-state index contributed by atoms with van der Waals surface area (Å²) in [5.41, 5.74) is 5.75. The Morgan fingerprint density at radius 1 is 1.40 bits per heavy atom. The van der Waals surface area contributed by atoms with Crippen molar-refractivity contribution in [2.75, 3.05) is 24.2 Å². The SMILES string of the molecule is CCOCc1nc(N)cc(NCCCn2ccnc2)n1. The summed E-state index contributed by atoms with van der Waals surface area (Å²) >= 11 is 0. The number of nitrogen functional groups attached to an aromatic ring is 1. The van der Waals surface area contributed by atoms with Crippen molar-refractivity contribution in [3.63, 3.8) is 0 Å². The molecule has 0 aliphatic heterocycles. The number of nitrogens with two attached hydrogens (primary N) is 1. The molecule has 0 atom stereocenters. The predicted octanol–water partition coefficient (Wildman–Crippen LogP) is 1.29. The van der Waals surface area contributed by atoms with Gasteiger partial charge in [-0.15, -0.1) is 0 Å². The molecule has 7 heteroatoms. The molecule has 108 valence electrons. The Hall–Kier alpha value is -2.15. The van der Waals surface area contributed by atoms with E-state index in [1.54, 1.807) is 12.3 Å². The van der Waals surface area contributed by atoms with E-state index in [-0.39, 0.29) is 0 Å². The lowest BCUT2D eigenvalue weighted by Gasteiger charge is -2.08. The van der Waals surface area contributed by atoms with Gasteiger partial charge >= 0.3 is 0 Å². The number of aromatic nitrogens is 4. The molecule has 3 N–H and O–H groups in total. The van der Waals surface area contributed by atoms with Crippen LogP contribution in [0.15, 0.2) is 24.8 Å². The van der Waals surface area contributed by atoms with Crippen LogP contribution in [-0.4, -0.2) is 32.7 Å². The maximum absolute atomic E-state index is 5.75. The van der Waals surface area contributed by atoms with Crippen LogP contribution in [0.2, 0.25) is 0 Å². The molecule has 7 nitrogen and oxygen atoms in total. The molecule has 20 heavy (non-hydrogen) atoms. The molecular formula is C13H20N6O. The van der Waals surface area contributed by atoms with Crippen LogP contribution < -0.4 is 11.1 Å². The third kappa shape index (κ3) is 4.51. The van der Waals surface area contributed by atoms with Gasteiger partial charge < -0.3 is 20.4 Å². The molecule has 0 aliphatic rings. The molecule has 0 saturated carbocycles. The average Bonchev–Trinajstić information content (AvgIpc) is 2.94. The van der Waals surface area contributed by atoms with Gasteiger partial charge in [-0.2, -0.15) is 0 Å². The van der Waals surface area contributed by atoms with Gasteiger partial charge in [0.1, 0.15) is 18.2 Å². The fourth-order valence-electron chi connectivity index (χ4n) is 1.76. The molecule has 0 fully saturated rings. The summed E-state index contributed by atoms with van der Waals surface area (Å²) < 4.78 is 7.32. The van der Waals surface area contributed by atoms with Gasteiger partial charge in [0.05, 0.1) is 6.33 Å². The molecule has 2 aromatic heterocycles. The zero-order valence-corrected chi connectivity index (χ0v) is 11.6. The predicted molar refractivity (Wildman–Crippen MR) is 77.1 cm³/mol. The van der Waals surface area contributed by atoms with Gasteiger partial charge in [0, 0.05) is 38.2 Å². The summed E-state index contributed by atoms with van der Waals surface area (Å²) in [4.78, 5) is 12.5. The summed E-state index contributed by atoms with van der Waals surface area (Å²) in [6, 6.07) is 1.73. The van der Waals surface area contributed by atoms with Gasteiger partial charge in [-0.3, -0.25) is 0 Å². The molecule has 0 radical (unpaired) electrons. The van der Waals surface area contributed by atoms with E-state index in [0.29, 0.717) is 24.9 Å². The lowest BCUT2D eigenvalue weighted by molar-refractivity contribution is 0.128. The Morgan fingerprint density at radius 3 is 3.05 bits per heavy atom. The molecule has 0 spiro atoms. The number of aryl methyl sites for hydroxylation is 1. The van der Waals surface area contributed by atoms with E-state index >= 15 is 0 Å². The minimum Gasteiger partial charge on any atom is -0.384 e. The third-order valence-corrected chi connectivity index (χ3v) is 2.69. The van der Waals surface area contributed by atoms with Gasteiger partial charge in [-0.05, 0) is 13.3 Å². The average molecular weight is 276 g/mol. The third-order valence-electron chi connectivity index (χ3n) is 2.69. The minimum atomic E-state index is 0.380. The second kappa shape index (κ2) is 7.44. The molecule has 0 aromatic carbocycles. The fourth-order valence-corrected chi connectivity index (χ4v) is 1.76. The van der Waals surface area contributed by atoms with Crippen molar-refractivity contribution >= 4 is 11.6 Å². The van der Waals surface area contributed by atoms with E-state index in [4.69, 9.17) is 10.5 Å². The number of hydrogen-bond donors (Lipinski definition) is 2. The van der Waals surface area contributed by atoms with Crippen molar-refractivity contribution in [3.05, 3.63) is 30.6 Å². The smallest absolute Gasteiger partial charge is 0.158 e. The van der Waals surface area contributed by atoms with Crippen LogP contribution in [0.4, 0.5) is 11.6 Å². The van der Waals surface area contributed by atoms with E-state index in [2.05, 4.69) is 20.3 Å². The van der Waals surface area contributed by atoms with E-state index in [1.165, 1.54) is 0 Å². The summed E-state index contributed by atoms with van der Waals surface area (Å²) in [5, 5.41) is 3.24. The first-order valence-corrected chi connectivity index (χ1v) is 6.68. The van der Waals surface area contributed by atoms with Crippen LogP contribution in [0, 0.1) is 0 Å². The molecule has 0 saturated heterocycles. The molecule has 0 amide bonds. The highest BCUT2D eigenvalue weighted by Gasteiger charge is 2.02. The minimum absolute atomic E-state index is 0.380. The summed E-state index contributed by atoms with van der Waals surface area (Å²) in [7, 11) is 0. The van der Waals surface area contributed by atoms with Gasteiger partial charge in [0.15, 0.2) is 5.82 Å². The number of rotatable bonds is 8. The number of imidazole rings is 1. The highest BCUT2D eigenvalue weighted by Crippen LogP contribution is 2.09. The Kier molecular flexibility index (Phi) is 5.31. The van der Waals surface area contributed by atoms with Gasteiger partial charge in [0.25, 0.3) is 0 Å². The summed E-state index contributed by atoms with van der Waals surface area (Å²) in [6.07, 6.45) is 6.51. The Labute approximate surface area is 118 Å². The molecule has 0 aliphatic carbocycles. The van der Waals surface area contributed by atoms with Crippen LogP contribution in [0.5, 0.6) is 0 Å². The first-order chi connectivity index (χ1) is 9.78. The fraction of sp³-hybridized carbons (Fsp3) is 0.462. The molecule has 0 bridgehead atoms. The number of nitrogens with zero attached hydrogens (tertiary/aromatic N) is 4. The monoisotopic (exact) mass is 276 g/mol. The lowest BCUT2D eigenvalue weighted by Crippen LogP contribution is -2.10. The van der Waals surface area contributed by atoms with E-state index in [1.807, 2.05) is 24.0 Å². The van der Waals surface area contributed by atoms with Gasteiger partial charge in [0.2, 0.25) is 0 Å². The second-order valence-corrected chi connectivity index (χ2v) is 4.31. The second-order valence-electron chi connectivity index (χ2n) is 4.31. The van der Waals surface area contributed by atoms with Crippen LogP contribution in [0.1, 0.15) is 19.2 Å². The van der Waals surface area contributed by atoms with E-state index < -0.39 is 0 Å². The van der Waals surface area contributed by atoms with Crippen molar-refractivity contribution in [2.24, 2.45) is 0 Å². The van der Waals surface area contributed by atoms with Crippen molar-refractivity contribution < 1.29 is 4.74 Å². The number of hydrogen-bond acceptors (Lipinski definition) is 6.